The van der Waals surface area contributed by atoms with Crippen LogP contribution < -0.4 is 10.5 Å². The van der Waals surface area contributed by atoms with E-state index in [1.807, 2.05) is 6.92 Å². The molecule has 0 aromatic heterocycles. The third-order valence-corrected chi connectivity index (χ3v) is 4.10. The molecule has 0 spiro atoms. The van der Waals surface area contributed by atoms with Gasteiger partial charge in [-0.05, 0) is 24.6 Å². The van der Waals surface area contributed by atoms with Crippen molar-refractivity contribution in [3.8, 4) is 0 Å². The fourth-order valence-electron chi connectivity index (χ4n) is 1.62. The number of nitrogens with one attached hydrogen (secondary N) is 1. The van der Waals surface area contributed by atoms with Gasteiger partial charge in [-0.25, -0.2) is 13.6 Å². The molecule has 21 heavy (non-hydrogen) atoms. The highest BCUT2D eigenvalue weighted by Gasteiger charge is 2.16. The number of carbonyl (C=O) groups excluding carboxylic acids is 2. The van der Waals surface area contributed by atoms with Crippen molar-refractivity contribution >= 4 is 33.3 Å². The molecule has 0 aliphatic heterocycles. The summed E-state index contributed by atoms with van der Waals surface area (Å²) in [4.78, 5) is 23.1. The van der Waals surface area contributed by atoms with Gasteiger partial charge < -0.3 is 5.32 Å². The summed E-state index contributed by atoms with van der Waals surface area (Å²) < 4.78 is 22.7. The van der Waals surface area contributed by atoms with E-state index in [1.165, 1.54) is 12.1 Å². The van der Waals surface area contributed by atoms with Crippen LogP contribution in [0.5, 0.6) is 0 Å². The van der Waals surface area contributed by atoms with Crippen molar-refractivity contribution in [2.24, 2.45) is 5.14 Å². The van der Waals surface area contributed by atoms with Crippen LogP contribution in [0.3, 0.4) is 0 Å². The van der Waals surface area contributed by atoms with Gasteiger partial charge in [-0.1, -0.05) is 18.5 Å². The number of hydrogen-bond donors (Lipinski definition) is 2. The van der Waals surface area contributed by atoms with Gasteiger partial charge in [0.15, 0.2) is 5.78 Å². The molecule has 1 aromatic carbocycles. The lowest BCUT2D eigenvalue weighted by atomic mass is 10.1. The Kier molecular flexibility index (Phi) is 6.32. The van der Waals surface area contributed by atoms with E-state index in [0.29, 0.717) is 6.54 Å². The third kappa shape index (κ3) is 5.45. The monoisotopic (exact) mass is 332 g/mol. The lowest BCUT2D eigenvalue weighted by Crippen LogP contribution is -2.24. The lowest BCUT2D eigenvalue weighted by molar-refractivity contribution is -0.121. The summed E-state index contributed by atoms with van der Waals surface area (Å²) in [7, 11) is -4.00. The second-order valence-corrected chi connectivity index (χ2v) is 6.40. The zero-order valence-corrected chi connectivity index (χ0v) is 13.1. The highest BCUT2D eigenvalue weighted by molar-refractivity contribution is 7.89. The number of sulfonamides is 1. The molecule has 6 nitrogen and oxygen atoms in total. The second kappa shape index (κ2) is 7.53. The van der Waals surface area contributed by atoms with Crippen LogP contribution >= 0.6 is 11.6 Å². The standard InChI is InChI=1S/C13H17ClN2O4S/c1-2-7-16-13(18)6-5-11(17)9-3-4-10(14)12(8-9)21(15,19)20/h3-4,8H,2,5-7H2,1H3,(H,16,18)(H2,15,19,20). The quantitative estimate of drug-likeness (QED) is 0.737. The molecular formula is C13H17ClN2O4S. The Morgan fingerprint density at radius 3 is 2.52 bits per heavy atom. The van der Waals surface area contributed by atoms with Gasteiger partial charge in [0.05, 0.1) is 5.02 Å². The molecule has 0 radical (unpaired) electrons. The van der Waals surface area contributed by atoms with Crippen molar-refractivity contribution in [2.45, 2.75) is 31.1 Å². The number of nitrogens with two attached hydrogens (primary N) is 1. The number of hydrogen-bond acceptors (Lipinski definition) is 4. The molecule has 0 aliphatic rings. The number of primary sulfonamides is 1. The first kappa shape index (κ1) is 17.6. The Morgan fingerprint density at radius 2 is 1.95 bits per heavy atom. The Bertz CT molecular complexity index is 644. The Balaban J connectivity index is 2.78. The second-order valence-electron chi connectivity index (χ2n) is 4.46. The SMILES string of the molecule is CCCNC(=O)CCC(=O)c1ccc(Cl)c(S(N)(=O)=O)c1. The zero-order valence-electron chi connectivity index (χ0n) is 11.6. The van der Waals surface area contributed by atoms with E-state index >= 15 is 0 Å². The van der Waals surface area contributed by atoms with Crippen LogP contribution in [0.4, 0.5) is 0 Å². The third-order valence-electron chi connectivity index (χ3n) is 2.71. The van der Waals surface area contributed by atoms with Crippen LogP contribution in [0.1, 0.15) is 36.5 Å². The molecular weight excluding hydrogens is 316 g/mol. The minimum Gasteiger partial charge on any atom is -0.356 e. The van der Waals surface area contributed by atoms with E-state index < -0.39 is 10.0 Å². The van der Waals surface area contributed by atoms with Crippen LogP contribution in [0.15, 0.2) is 23.1 Å². The van der Waals surface area contributed by atoms with Gasteiger partial charge in [0.1, 0.15) is 4.90 Å². The molecule has 3 N–H and O–H groups in total. The molecule has 0 bridgehead atoms. The van der Waals surface area contributed by atoms with Crippen molar-refractivity contribution in [1.29, 1.82) is 0 Å². The van der Waals surface area contributed by atoms with E-state index in [1.54, 1.807) is 0 Å². The van der Waals surface area contributed by atoms with E-state index in [-0.39, 0.29) is 40.0 Å². The molecule has 0 saturated heterocycles. The molecule has 8 heteroatoms. The smallest absolute Gasteiger partial charge is 0.239 e. The first-order valence-electron chi connectivity index (χ1n) is 6.38. The van der Waals surface area contributed by atoms with Crippen LogP contribution in [-0.2, 0) is 14.8 Å². The van der Waals surface area contributed by atoms with Gasteiger partial charge in [-0.15, -0.1) is 0 Å². The molecule has 0 aliphatic carbocycles. The Morgan fingerprint density at radius 1 is 1.29 bits per heavy atom. The largest absolute Gasteiger partial charge is 0.356 e. The van der Waals surface area contributed by atoms with Crippen molar-refractivity contribution in [3.63, 3.8) is 0 Å². The fraction of sp³-hybridized carbons (Fsp3) is 0.385. The summed E-state index contributed by atoms with van der Waals surface area (Å²) in [6.07, 6.45) is 0.849. The summed E-state index contributed by atoms with van der Waals surface area (Å²) in [6, 6.07) is 3.83. The number of carbonyl (C=O) groups is 2. The fourth-order valence-corrected chi connectivity index (χ4v) is 2.69. The number of Topliss-reactive ketones (excluding diaryl/α,β-unsaturated/α-hetero) is 1. The first-order chi connectivity index (χ1) is 9.75. The van der Waals surface area contributed by atoms with E-state index in [2.05, 4.69) is 5.32 Å². The van der Waals surface area contributed by atoms with Crippen molar-refractivity contribution in [1.82, 2.24) is 5.32 Å². The maximum atomic E-state index is 12.0. The van der Waals surface area contributed by atoms with Gasteiger partial charge in [0.25, 0.3) is 0 Å². The number of amides is 1. The summed E-state index contributed by atoms with van der Waals surface area (Å²) in [6.45, 7) is 2.48. The van der Waals surface area contributed by atoms with Crippen LogP contribution in [0.2, 0.25) is 5.02 Å². The molecule has 0 unspecified atom stereocenters. The summed E-state index contributed by atoms with van der Waals surface area (Å²) in [5.41, 5.74) is 0.159. The molecule has 0 fully saturated rings. The lowest BCUT2D eigenvalue weighted by Gasteiger charge is -2.06. The van der Waals surface area contributed by atoms with Crippen molar-refractivity contribution < 1.29 is 18.0 Å². The first-order valence-corrected chi connectivity index (χ1v) is 8.30. The molecule has 1 amide bonds. The Hall–Kier alpha value is -1.44. The van der Waals surface area contributed by atoms with Crippen LogP contribution in [-0.4, -0.2) is 26.7 Å². The molecule has 1 aromatic rings. The van der Waals surface area contributed by atoms with Gasteiger partial charge in [-0.3, -0.25) is 9.59 Å². The van der Waals surface area contributed by atoms with Gasteiger partial charge in [0, 0.05) is 24.9 Å². The normalized spacial score (nSPS) is 11.2. The molecule has 0 atom stereocenters. The number of ketones is 1. The van der Waals surface area contributed by atoms with Crippen molar-refractivity contribution in [3.05, 3.63) is 28.8 Å². The molecule has 1 rings (SSSR count). The minimum absolute atomic E-state index is 0.0127. The van der Waals surface area contributed by atoms with E-state index in [9.17, 15) is 18.0 Å². The van der Waals surface area contributed by atoms with Gasteiger partial charge >= 0.3 is 0 Å². The average molecular weight is 333 g/mol. The topological polar surface area (TPSA) is 106 Å². The molecule has 116 valence electrons. The highest BCUT2D eigenvalue weighted by atomic mass is 35.5. The highest BCUT2D eigenvalue weighted by Crippen LogP contribution is 2.22. The summed E-state index contributed by atoms with van der Waals surface area (Å²) >= 11 is 5.74. The predicted molar refractivity (Wildman–Crippen MR) is 79.7 cm³/mol. The average Bonchev–Trinajstić information content (AvgIpc) is 2.41. The van der Waals surface area contributed by atoms with E-state index in [4.69, 9.17) is 16.7 Å². The minimum atomic E-state index is -4.00. The number of rotatable bonds is 7. The maximum Gasteiger partial charge on any atom is 0.239 e. The predicted octanol–water partition coefficient (Wildman–Crippen LogP) is 1.48. The van der Waals surface area contributed by atoms with Crippen LogP contribution in [0.25, 0.3) is 0 Å². The molecule has 0 heterocycles. The van der Waals surface area contributed by atoms with Gasteiger partial charge in [-0.2, -0.15) is 0 Å². The number of benzene rings is 1. The van der Waals surface area contributed by atoms with Crippen molar-refractivity contribution in [2.75, 3.05) is 6.54 Å². The summed E-state index contributed by atoms with van der Waals surface area (Å²) in [5.74, 6) is -0.561. The molecule has 0 saturated carbocycles. The Labute approximate surface area is 128 Å². The maximum absolute atomic E-state index is 12.0. The van der Waals surface area contributed by atoms with Gasteiger partial charge in [0.2, 0.25) is 15.9 Å². The zero-order chi connectivity index (χ0) is 16.0. The van der Waals surface area contributed by atoms with Crippen LogP contribution in [0, 0.1) is 0 Å². The number of halogens is 1. The summed E-state index contributed by atoms with van der Waals surface area (Å²) in [5, 5.41) is 7.63. The van der Waals surface area contributed by atoms with E-state index in [0.717, 1.165) is 12.5 Å².